The lowest BCUT2D eigenvalue weighted by atomic mass is 10.1. The maximum Gasteiger partial charge on any atom is 0.259 e. The van der Waals surface area contributed by atoms with Crippen molar-refractivity contribution in [1.82, 2.24) is 0 Å². The molecule has 0 amide bonds. The van der Waals surface area contributed by atoms with Gasteiger partial charge < -0.3 is 20.1 Å². The summed E-state index contributed by atoms with van der Waals surface area (Å²) in [6, 6.07) is 0. The molecule has 0 spiro atoms. The highest BCUT2D eigenvalue weighted by molar-refractivity contribution is 4.88. The van der Waals surface area contributed by atoms with E-state index in [1.54, 1.807) is 0 Å². The van der Waals surface area contributed by atoms with Gasteiger partial charge in [-0.05, 0) is 0 Å². The van der Waals surface area contributed by atoms with Crippen LogP contribution in [0.3, 0.4) is 0 Å². The molecule has 0 aromatic rings. The van der Waals surface area contributed by atoms with Crippen molar-refractivity contribution < 1.29 is 24.4 Å². The molecule has 1 rings (SSSR count). The Balaban J connectivity index is 2.58. The molecule has 0 radical (unpaired) electrons. The number of hydrogen-bond acceptors (Lipinski definition) is 4. The number of ether oxygens (including phenoxy) is 1. The quantitative estimate of drug-likeness (QED) is 0.423. The van der Waals surface area contributed by atoms with Crippen LogP contribution in [0.15, 0.2) is 0 Å². The molecule has 1 saturated heterocycles. The summed E-state index contributed by atoms with van der Waals surface area (Å²) < 4.78 is 17.0. The number of aliphatic hydroxyl groups excluding tert-OH is 2. The molecule has 0 saturated carbocycles. The molecule has 3 atom stereocenters. The van der Waals surface area contributed by atoms with E-state index in [4.69, 9.17) is 15.3 Å². The van der Waals surface area contributed by atoms with Crippen molar-refractivity contribution >= 4 is 0 Å². The van der Waals surface area contributed by atoms with E-state index < -0.39 is 31.3 Å². The average Bonchev–Trinajstić information content (AvgIpc) is 2.10. The Morgan fingerprint density at radius 1 is 1.70 bits per heavy atom. The summed E-state index contributed by atoms with van der Waals surface area (Å²) in [5.41, 5.74) is 0. The van der Waals surface area contributed by atoms with Gasteiger partial charge in [0.15, 0.2) is 0 Å². The van der Waals surface area contributed by atoms with Crippen LogP contribution in [0.25, 0.3) is 0 Å². The van der Waals surface area contributed by atoms with E-state index in [1.165, 1.54) is 0 Å². The minimum absolute atomic E-state index is 0.493. The van der Waals surface area contributed by atoms with Crippen molar-refractivity contribution in [3.63, 3.8) is 0 Å². The second-order valence-electron chi connectivity index (χ2n) is 2.30. The molecule has 3 N–H and O–H groups in total. The Kier molecular flexibility index (Phi) is 1.91. The Morgan fingerprint density at radius 3 is 2.50 bits per heavy atom. The molecule has 60 valence electrons. The van der Waals surface area contributed by atoms with Crippen LogP contribution in [0.2, 0.25) is 0 Å². The van der Waals surface area contributed by atoms with Crippen LogP contribution in [0, 0.1) is 0 Å². The highest BCUT2D eigenvalue weighted by Crippen LogP contribution is 2.25. The fourth-order valence-corrected chi connectivity index (χ4v) is 0.838. The third-order valence-electron chi connectivity index (χ3n) is 1.49. The van der Waals surface area contributed by atoms with Gasteiger partial charge >= 0.3 is 0 Å². The van der Waals surface area contributed by atoms with Crippen LogP contribution in [-0.4, -0.2) is 46.6 Å². The van der Waals surface area contributed by atoms with Gasteiger partial charge in [0.2, 0.25) is 0 Å². The molecule has 1 aliphatic rings. The fourth-order valence-electron chi connectivity index (χ4n) is 0.838. The SMILES string of the molecule is OC[C@H]1OC[C@](O)(F)[C@@H]1O. The van der Waals surface area contributed by atoms with Gasteiger partial charge in [0.05, 0.1) is 6.61 Å². The van der Waals surface area contributed by atoms with Gasteiger partial charge in [-0.2, -0.15) is 0 Å². The van der Waals surface area contributed by atoms with Crippen molar-refractivity contribution in [1.29, 1.82) is 0 Å². The lowest BCUT2D eigenvalue weighted by molar-refractivity contribution is -0.147. The molecular formula is C5H9FO4. The minimum Gasteiger partial charge on any atom is -0.394 e. The first-order valence-corrected chi connectivity index (χ1v) is 2.90. The maximum absolute atomic E-state index is 12.5. The predicted octanol–water partition coefficient (Wildman–Crippen LogP) is -1.60. The number of aliphatic hydroxyl groups is 3. The molecule has 1 heterocycles. The van der Waals surface area contributed by atoms with Crippen molar-refractivity contribution in [3.05, 3.63) is 0 Å². The Hall–Kier alpha value is -0.230. The van der Waals surface area contributed by atoms with Crippen molar-refractivity contribution in [2.75, 3.05) is 13.2 Å². The average molecular weight is 152 g/mol. The molecule has 0 bridgehead atoms. The Morgan fingerprint density at radius 2 is 2.30 bits per heavy atom. The largest absolute Gasteiger partial charge is 0.394 e. The topological polar surface area (TPSA) is 69.9 Å². The van der Waals surface area contributed by atoms with Crippen LogP contribution >= 0.6 is 0 Å². The van der Waals surface area contributed by atoms with E-state index in [2.05, 4.69) is 4.74 Å². The summed E-state index contributed by atoms with van der Waals surface area (Å²) in [6.07, 6.45) is -2.65. The molecule has 4 nitrogen and oxygen atoms in total. The van der Waals surface area contributed by atoms with Crippen molar-refractivity contribution in [2.45, 2.75) is 18.1 Å². The zero-order valence-corrected chi connectivity index (χ0v) is 5.20. The van der Waals surface area contributed by atoms with E-state index in [9.17, 15) is 4.39 Å². The monoisotopic (exact) mass is 152 g/mol. The number of halogens is 1. The molecule has 0 aromatic carbocycles. The standard InChI is InChI=1S/C5H9FO4/c6-5(9)2-10-3(1-7)4(5)8/h3-4,7-9H,1-2H2/t3-,4-,5-/m1/s1. The lowest BCUT2D eigenvalue weighted by Crippen LogP contribution is -2.40. The van der Waals surface area contributed by atoms with Gasteiger partial charge in [0, 0.05) is 0 Å². The minimum atomic E-state index is -2.70. The summed E-state index contributed by atoms with van der Waals surface area (Å²) in [5.74, 6) is -2.70. The number of hydrogen-bond donors (Lipinski definition) is 3. The second kappa shape index (κ2) is 2.43. The van der Waals surface area contributed by atoms with E-state index >= 15 is 0 Å². The molecule has 0 unspecified atom stereocenters. The summed E-state index contributed by atoms with van der Waals surface area (Å²) >= 11 is 0. The van der Waals surface area contributed by atoms with E-state index in [-0.39, 0.29) is 0 Å². The molecule has 0 aromatic heterocycles. The Bertz CT molecular complexity index is 127. The second-order valence-corrected chi connectivity index (χ2v) is 2.30. The first-order chi connectivity index (χ1) is 4.58. The predicted molar refractivity (Wildman–Crippen MR) is 28.9 cm³/mol. The maximum atomic E-state index is 12.5. The summed E-state index contributed by atoms with van der Waals surface area (Å²) in [7, 11) is 0. The summed E-state index contributed by atoms with van der Waals surface area (Å²) in [6.45, 7) is -1.08. The van der Waals surface area contributed by atoms with E-state index in [0.29, 0.717) is 0 Å². The van der Waals surface area contributed by atoms with Crippen LogP contribution in [0.5, 0.6) is 0 Å². The van der Waals surface area contributed by atoms with Gasteiger partial charge in [-0.3, -0.25) is 0 Å². The van der Waals surface area contributed by atoms with Gasteiger partial charge in [-0.15, -0.1) is 0 Å². The number of alkyl halides is 1. The molecule has 10 heavy (non-hydrogen) atoms. The van der Waals surface area contributed by atoms with Crippen LogP contribution in [0.4, 0.5) is 4.39 Å². The fraction of sp³-hybridized carbons (Fsp3) is 1.00. The molecular weight excluding hydrogens is 143 g/mol. The molecule has 5 heteroatoms. The first-order valence-electron chi connectivity index (χ1n) is 2.90. The van der Waals surface area contributed by atoms with Crippen molar-refractivity contribution in [3.8, 4) is 0 Å². The summed E-state index contributed by atoms with van der Waals surface area (Å²) in [4.78, 5) is 0. The van der Waals surface area contributed by atoms with E-state index in [0.717, 1.165) is 0 Å². The van der Waals surface area contributed by atoms with Crippen LogP contribution < -0.4 is 0 Å². The third kappa shape index (κ3) is 1.13. The van der Waals surface area contributed by atoms with Crippen LogP contribution in [0.1, 0.15) is 0 Å². The smallest absolute Gasteiger partial charge is 0.259 e. The zero-order chi connectivity index (χ0) is 7.78. The van der Waals surface area contributed by atoms with Gasteiger partial charge in [-0.25, -0.2) is 4.39 Å². The molecule has 1 aliphatic heterocycles. The van der Waals surface area contributed by atoms with Gasteiger partial charge in [-0.1, -0.05) is 0 Å². The van der Waals surface area contributed by atoms with Gasteiger partial charge in [0.25, 0.3) is 5.85 Å². The molecule has 1 fully saturated rings. The summed E-state index contributed by atoms with van der Waals surface area (Å²) in [5, 5.41) is 25.8. The zero-order valence-electron chi connectivity index (χ0n) is 5.20. The Labute approximate surface area is 56.9 Å². The van der Waals surface area contributed by atoms with Crippen molar-refractivity contribution in [2.24, 2.45) is 0 Å². The normalized spacial score (nSPS) is 48.0. The highest BCUT2D eigenvalue weighted by atomic mass is 19.2. The lowest BCUT2D eigenvalue weighted by Gasteiger charge is -2.15. The van der Waals surface area contributed by atoms with Crippen LogP contribution in [-0.2, 0) is 4.74 Å². The highest BCUT2D eigenvalue weighted by Gasteiger charge is 2.48. The number of rotatable bonds is 1. The first kappa shape index (κ1) is 7.87. The van der Waals surface area contributed by atoms with E-state index in [1.807, 2.05) is 0 Å². The molecule has 0 aliphatic carbocycles. The van der Waals surface area contributed by atoms with Gasteiger partial charge in [0.1, 0.15) is 18.8 Å². The third-order valence-corrected chi connectivity index (χ3v) is 1.49.